The average Bonchev–Trinajstić information content (AvgIpc) is 2.34. The molecule has 1 aromatic carbocycles. The summed E-state index contributed by atoms with van der Waals surface area (Å²) in [4.78, 5) is 2.43. The molecule has 0 radical (unpaired) electrons. The molecule has 18 heavy (non-hydrogen) atoms. The van der Waals surface area contributed by atoms with Crippen LogP contribution in [0.25, 0.3) is 0 Å². The van der Waals surface area contributed by atoms with Crippen LogP contribution in [0.2, 0.25) is 0 Å². The predicted molar refractivity (Wildman–Crippen MR) is 74.5 cm³/mol. The minimum absolute atomic E-state index is 0.146. The van der Waals surface area contributed by atoms with E-state index in [-0.39, 0.29) is 5.82 Å². The summed E-state index contributed by atoms with van der Waals surface area (Å²) in [7, 11) is 2.19. The molecule has 1 atom stereocenters. The standard InChI is InChI=1S/C15H23FN2/c1-12-6-7-15(14(16)11-12)17-9-8-13-5-3-4-10-18(13)2/h6-7,11,13,17H,3-5,8-10H2,1-2H3. The van der Waals surface area contributed by atoms with E-state index in [9.17, 15) is 4.39 Å². The van der Waals surface area contributed by atoms with Crippen LogP contribution in [0.1, 0.15) is 31.2 Å². The minimum atomic E-state index is -0.146. The van der Waals surface area contributed by atoms with Crippen LogP contribution in [0.5, 0.6) is 0 Å². The van der Waals surface area contributed by atoms with Gasteiger partial charge in [0.2, 0.25) is 0 Å². The van der Waals surface area contributed by atoms with Crippen molar-refractivity contribution in [3.8, 4) is 0 Å². The first-order valence-corrected chi connectivity index (χ1v) is 6.87. The fourth-order valence-electron chi connectivity index (χ4n) is 2.65. The van der Waals surface area contributed by atoms with Gasteiger partial charge in [-0.3, -0.25) is 0 Å². The van der Waals surface area contributed by atoms with E-state index in [0.717, 1.165) is 18.5 Å². The monoisotopic (exact) mass is 250 g/mol. The highest BCUT2D eigenvalue weighted by Crippen LogP contribution is 2.19. The molecule has 1 unspecified atom stereocenters. The SMILES string of the molecule is Cc1ccc(NCCC2CCCCN2C)c(F)c1. The van der Waals surface area contributed by atoms with Crippen LogP contribution in [0, 0.1) is 12.7 Å². The maximum Gasteiger partial charge on any atom is 0.146 e. The van der Waals surface area contributed by atoms with E-state index >= 15 is 0 Å². The Labute approximate surface area is 109 Å². The van der Waals surface area contributed by atoms with Crippen LogP contribution in [0.15, 0.2) is 18.2 Å². The summed E-state index contributed by atoms with van der Waals surface area (Å²) in [5.41, 5.74) is 1.59. The zero-order valence-corrected chi connectivity index (χ0v) is 11.4. The molecule has 2 rings (SSSR count). The van der Waals surface area contributed by atoms with Gasteiger partial charge in [0.05, 0.1) is 5.69 Å². The van der Waals surface area contributed by atoms with Gasteiger partial charge in [-0.05, 0) is 57.5 Å². The second-order valence-corrected chi connectivity index (χ2v) is 5.33. The molecule has 3 heteroatoms. The van der Waals surface area contributed by atoms with Gasteiger partial charge in [-0.2, -0.15) is 0 Å². The number of nitrogens with one attached hydrogen (secondary N) is 1. The first-order chi connectivity index (χ1) is 8.66. The number of hydrogen-bond donors (Lipinski definition) is 1. The van der Waals surface area contributed by atoms with Crippen molar-refractivity contribution in [1.29, 1.82) is 0 Å². The number of likely N-dealkylation sites (tertiary alicyclic amines) is 1. The highest BCUT2D eigenvalue weighted by molar-refractivity contribution is 5.46. The van der Waals surface area contributed by atoms with E-state index in [2.05, 4.69) is 17.3 Å². The summed E-state index contributed by atoms with van der Waals surface area (Å²) >= 11 is 0. The lowest BCUT2D eigenvalue weighted by Gasteiger charge is -2.32. The van der Waals surface area contributed by atoms with Gasteiger partial charge in [-0.15, -0.1) is 0 Å². The molecule has 2 nitrogen and oxygen atoms in total. The molecule has 1 aliphatic heterocycles. The summed E-state index contributed by atoms with van der Waals surface area (Å²) in [6.45, 7) is 3.95. The van der Waals surface area contributed by atoms with Crippen LogP contribution in [0.4, 0.5) is 10.1 Å². The average molecular weight is 250 g/mol. The lowest BCUT2D eigenvalue weighted by atomic mass is 10.0. The maximum atomic E-state index is 13.6. The highest BCUT2D eigenvalue weighted by atomic mass is 19.1. The van der Waals surface area contributed by atoms with Crippen molar-refractivity contribution < 1.29 is 4.39 Å². The first kappa shape index (κ1) is 13.3. The fraction of sp³-hybridized carbons (Fsp3) is 0.600. The molecule has 1 N–H and O–H groups in total. The molecule has 1 saturated heterocycles. The Balaban J connectivity index is 1.81. The molecule has 0 aromatic heterocycles. The topological polar surface area (TPSA) is 15.3 Å². The molecule has 1 aromatic rings. The Morgan fingerprint density at radius 1 is 1.39 bits per heavy atom. The van der Waals surface area contributed by atoms with Gasteiger partial charge in [0, 0.05) is 12.6 Å². The molecule has 100 valence electrons. The van der Waals surface area contributed by atoms with Crippen LogP contribution in [-0.2, 0) is 0 Å². The van der Waals surface area contributed by atoms with Crippen LogP contribution in [-0.4, -0.2) is 31.1 Å². The normalized spacial score (nSPS) is 20.9. The van der Waals surface area contributed by atoms with E-state index in [1.165, 1.54) is 25.8 Å². The lowest BCUT2D eigenvalue weighted by molar-refractivity contribution is 0.179. The van der Waals surface area contributed by atoms with Crippen molar-refractivity contribution >= 4 is 5.69 Å². The molecule has 1 heterocycles. The number of aryl methyl sites for hydroxylation is 1. The van der Waals surface area contributed by atoms with Crippen molar-refractivity contribution in [2.24, 2.45) is 0 Å². The first-order valence-electron chi connectivity index (χ1n) is 6.87. The zero-order valence-electron chi connectivity index (χ0n) is 11.4. The number of nitrogens with zero attached hydrogens (tertiary/aromatic N) is 1. The van der Waals surface area contributed by atoms with Crippen molar-refractivity contribution in [1.82, 2.24) is 4.90 Å². The summed E-state index contributed by atoms with van der Waals surface area (Å²) in [5.74, 6) is -0.146. The molecule has 0 aliphatic carbocycles. The smallest absolute Gasteiger partial charge is 0.146 e. The van der Waals surface area contributed by atoms with Crippen molar-refractivity contribution in [3.63, 3.8) is 0 Å². The van der Waals surface area contributed by atoms with Gasteiger partial charge in [-0.25, -0.2) is 4.39 Å². The molecule has 0 bridgehead atoms. The maximum absolute atomic E-state index is 13.6. The van der Waals surface area contributed by atoms with Crippen LogP contribution < -0.4 is 5.32 Å². The molecule has 0 saturated carbocycles. The zero-order chi connectivity index (χ0) is 13.0. The number of rotatable bonds is 4. The number of benzene rings is 1. The Kier molecular flexibility index (Phi) is 4.59. The van der Waals surface area contributed by atoms with Gasteiger partial charge in [-0.1, -0.05) is 12.5 Å². The molecule has 0 amide bonds. The van der Waals surface area contributed by atoms with Crippen LogP contribution in [0.3, 0.4) is 0 Å². The molecular weight excluding hydrogens is 227 g/mol. The lowest BCUT2D eigenvalue weighted by Crippen LogP contribution is -2.37. The van der Waals surface area contributed by atoms with E-state index in [1.807, 2.05) is 19.1 Å². The number of piperidine rings is 1. The molecule has 1 aliphatic rings. The Morgan fingerprint density at radius 2 is 2.22 bits per heavy atom. The van der Waals surface area contributed by atoms with Crippen molar-refractivity contribution in [2.45, 2.75) is 38.6 Å². The van der Waals surface area contributed by atoms with Gasteiger partial charge in [0.1, 0.15) is 5.82 Å². The largest absolute Gasteiger partial charge is 0.383 e. The molecule has 1 fully saturated rings. The van der Waals surface area contributed by atoms with Crippen molar-refractivity contribution in [3.05, 3.63) is 29.6 Å². The van der Waals surface area contributed by atoms with Gasteiger partial charge in [0.15, 0.2) is 0 Å². The Morgan fingerprint density at radius 3 is 2.94 bits per heavy atom. The number of anilines is 1. The fourth-order valence-corrected chi connectivity index (χ4v) is 2.65. The third-order valence-electron chi connectivity index (χ3n) is 3.84. The Hall–Kier alpha value is -1.09. The third-order valence-corrected chi connectivity index (χ3v) is 3.84. The van der Waals surface area contributed by atoms with E-state index in [4.69, 9.17) is 0 Å². The third kappa shape index (κ3) is 3.45. The summed E-state index contributed by atoms with van der Waals surface area (Å²) in [6, 6.07) is 6.00. The van der Waals surface area contributed by atoms with Gasteiger partial charge < -0.3 is 10.2 Å². The second-order valence-electron chi connectivity index (χ2n) is 5.33. The minimum Gasteiger partial charge on any atom is -0.383 e. The summed E-state index contributed by atoms with van der Waals surface area (Å²) in [6.07, 6.45) is 5.00. The van der Waals surface area contributed by atoms with Crippen LogP contribution >= 0.6 is 0 Å². The quantitative estimate of drug-likeness (QED) is 0.881. The van der Waals surface area contributed by atoms with E-state index < -0.39 is 0 Å². The molecular formula is C15H23FN2. The second kappa shape index (κ2) is 6.19. The van der Waals surface area contributed by atoms with E-state index in [1.54, 1.807) is 6.07 Å². The summed E-state index contributed by atoms with van der Waals surface area (Å²) in [5, 5.41) is 3.21. The van der Waals surface area contributed by atoms with E-state index in [0.29, 0.717) is 11.7 Å². The number of hydrogen-bond acceptors (Lipinski definition) is 2. The highest BCUT2D eigenvalue weighted by Gasteiger charge is 2.18. The van der Waals surface area contributed by atoms with Crippen molar-refractivity contribution in [2.75, 3.05) is 25.5 Å². The van der Waals surface area contributed by atoms with Gasteiger partial charge in [0.25, 0.3) is 0 Å². The summed E-state index contributed by atoms with van der Waals surface area (Å²) < 4.78 is 13.6. The number of halogens is 1. The van der Waals surface area contributed by atoms with Gasteiger partial charge >= 0.3 is 0 Å². The predicted octanol–water partition coefficient (Wildman–Crippen LogP) is 3.42. The molecule has 0 spiro atoms. The Bertz CT molecular complexity index is 392.